The molecule has 32 heavy (non-hydrogen) atoms. The fourth-order valence-corrected chi connectivity index (χ4v) is 4.13. The van der Waals surface area contributed by atoms with Crippen molar-refractivity contribution in [1.29, 1.82) is 10.5 Å². The number of nitriles is 2. The number of aromatic nitrogens is 1. The van der Waals surface area contributed by atoms with Gasteiger partial charge in [0.15, 0.2) is 0 Å². The number of nitrogens with two attached hydrogens (primary N) is 1. The fourth-order valence-electron chi connectivity index (χ4n) is 3.20. The van der Waals surface area contributed by atoms with Gasteiger partial charge < -0.3 is 11.1 Å². The summed E-state index contributed by atoms with van der Waals surface area (Å²) in [5.41, 5.74) is 10.8. The maximum absolute atomic E-state index is 12.3. The molecule has 0 bridgehead atoms. The number of hydrogen-bond acceptors (Lipinski definition) is 6. The van der Waals surface area contributed by atoms with Crippen LogP contribution in [0.25, 0.3) is 11.1 Å². The third-order valence-corrected chi connectivity index (χ3v) is 5.95. The van der Waals surface area contributed by atoms with Crippen molar-refractivity contribution in [1.82, 2.24) is 4.98 Å². The summed E-state index contributed by atoms with van der Waals surface area (Å²) in [6.45, 7) is 4.04. The van der Waals surface area contributed by atoms with Crippen LogP contribution in [0.2, 0.25) is 0 Å². The van der Waals surface area contributed by atoms with E-state index in [9.17, 15) is 15.3 Å². The van der Waals surface area contributed by atoms with E-state index in [-0.39, 0.29) is 23.7 Å². The molecular weight excluding hydrogens is 418 g/mol. The number of nitrogen functional groups attached to an aromatic ring is 1. The van der Waals surface area contributed by atoms with Crippen molar-refractivity contribution in [2.75, 3.05) is 16.8 Å². The van der Waals surface area contributed by atoms with Crippen LogP contribution in [-0.4, -0.2) is 16.6 Å². The van der Waals surface area contributed by atoms with Crippen LogP contribution < -0.4 is 11.1 Å². The molecule has 3 N–H and O–H groups in total. The highest BCUT2D eigenvalue weighted by Gasteiger charge is 2.20. The van der Waals surface area contributed by atoms with E-state index in [1.165, 1.54) is 11.8 Å². The first-order valence-electron chi connectivity index (χ1n) is 10.2. The van der Waals surface area contributed by atoms with Crippen molar-refractivity contribution in [3.63, 3.8) is 0 Å². The number of carbonyl (C=O) groups excluding carboxylic acids is 1. The monoisotopic (exact) mass is 441 g/mol. The van der Waals surface area contributed by atoms with Gasteiger partial charge in [-0.15, -0.1) is 11.8 Å². The van der Waals surface area contributed by atoms with Crippen molar-refractivity contribution in [3.05, 3.63) is 70.8 Å². The molecule has 3 rings (SSSR count). The molecule has 0 aliphatic carbocycles. The van der Waals surface area contributed by atoms with Crippen molar-refractivity contribution >= 4 is 29.2 Å². The first-order valence-corrected chi connectivity index (χ1v) is 11.2. The molecule has 0 spiro atoms. The number of nitrogens with zero attached hydrogens (tertiary/aromatic N) is 3. The summed E-state index contributed by atoms with van der Waals surface area (Å²) in [6, 6.07) is 19.6. The van der Waals surface area contributed by atoms with E-state index in [2.05, 4.69) is 29.4 Å². The van der Waals surface area contributed by atoms with E-state index in [0.717, 1.165) is 28.8 Å². The number of rotatable bonds is 7. The highest BCUT2D eigenvalue weighted by Crippen LogP contribution is 2.36. The lowest BCUT2D eigenvalue weighted by molar-refractivity contribution is -0.115. The van der Waals surface area contributed by atoms with Gasteiger partial charge in [0.25, 0.3) is 0 Å². The summed E-state index contributed by atoms with van der Waals surface area (Å²) in [6.07, 6.45) is 1.13. The first kappa shape index (κ1) is 22.9. The number of benzene rings is 2. The van der Waals surface area contributed by atoms with Crippen molar-refractivity contribution in [3.8, 4) is 23.3 Å². The Morgan fingerprint density at radius 2 is 1.72 bits per heavy atom. The van der Waals surface area contributed by atoms with Gasteiger partial charge in [-0.2, -0.15) is 10.5 Å². The fraction of sp³-hybridized carbons (Fsp3) is 0.200. The van der Waals surface area contributed by atoms with Crippen LogP contribution in [0.3, 0.4) is 0 Å². The Morgan fingerprint density at radius 1 is 1.06 bits per heavy atom. The number of amides is 1. The Bertz CT molecular complexity index is 1210. The molecule has 0 radical (unpaired) electrons. The molecule has 0 unspecified atom stereocenters. The highest BCUT2D eigenvalue weighted by atomic mass is 32.2. The average molecular weight is 442 g/mol. The third-order valence-electron chi connectivity index (χ3n) is 4.97. The zero-order chi connectivity index (χ0) is 23.1. The van der Waals surface area contributed by atoms with Gasteiger partial charge in [0.2, 0.25) is 5.91 Å². The quantitative estimate of drug-likeness (QED) is 0.495. The standard InChI is InChI=1S/C25H23N5OS/c1-3-17-6-8-18(9-7-17)23-20(14-26)24(28)30-25(21(23)15-27)32-13-12-22(31)29-19-10-4-16(2)5-11-19/h4-11H,3,12-13H2,1-2H3,(H2,28,30)(H,29,31). The molecule has 0 saturated heterocycles. The molecule has 1 heterocycles. The highest BCUT2D eigenvalue weighted by molar-refractivity contribution is 7.99. The van der Waals surface area contributed by atoms with E-state index in [4.69, 9.17) is 5.73 Å². The van der Waals surface area contributed by atoms with Crippen LogP contribution in [0.5, 0.6) is 0 Å². The van der Waals surface area contributed by atoms with E-state index in [1.807, 2.05) is 55.5 Å². The van der Waals surface area contributed by atoms with E-state index in [0.29, 0.717) is 21.9 Å². The number of carbonyl (C=O) groups is 1. The van der Waals surface area contributed by atoms with Crippen molar-refractivity contribution in [2.24, 2.45) is 0 Å². The number of aryl methyl sites for hydroxylation is 2. The van der Waals surface area contributed by atoms with Gasteiger partial charge in [-0.05, 0) is 36.6 Å². The molecule has 6 nitrogen and oxygen atoms in total. The summed E-state index contributed by atoms with van der Waals surface area (Å²) < 4.78 is 0. The molecule has 1 aromatic heterocycles. The lowest BCUT2D eigenvalue weighted by Gasteiger charge is -2.13. The van der Waals surface area contributed by atoms with Crippen molar-refractivity contribution in [2.45, 2.75) is 31.7 Å². The van der Waals surface area contributed by atoms with Crippen LogP contribution in [-0.2, 0) is 11.2 Å². The van der Waals surface area contributed by atoms with Crippen LogP contribution in [0.1, 0.15) is 35.6 Å². The molecule has 7 heteroatoms. The molecule has 0 aliphatic heterocycles. The predicted molar refractivity (Wildman–Crippen MR) is 128 cm³/mol. The summed E-state index contributed by atoms with van der Waals surface area (Å²) in [7, 11) is 0. The Balaban J connectivity index is 1.81. The largest absolute Gasteiger partial charge is 0.383 e. The number of thioether (sulfide) groups is 1. The Labute approximate surface area is 192 Å². The zero-order valence-corrected chi connectivity index (χ0v) is 18.8. The molecule has 160 valence electrons. The molecular formula is C25H23N5OS. The van der Waals surface area contributed by atoms with E-state index < -0.39 is 0 Å². The van der Waals surface area contributed by atoms with Gasteiger partial charge in [-0.3, -0.25) is 4.79 Å². The Hall–Kier alpha value is -3.81. The minimum Gasteiger partial charge on any atom is -0.383 e. The molecule has 0 saturated carbocycles. The van der Waals surface area contributed by atoms with Crippen molar-refractivity contribution < 1.29 is 4.79 Å². The Morgan fingerprint density at radius 3 is 2.31 bits per heavy atom. The molecule has 2 aromatic carbocycles. The zero-order valence-electron chi connectivity index (χ0n) is 18.0. The summed E-state index contributed by atoms with van der Waals surface area (Å²) in [5, 5.41) is 22.8. The Kier molecular flexibility index (Phi) is 7.49. The van der Waals surface area contributed by atoms with Gasteiger partial charge in [-0.1, -0.05) is 48.9 Å². The summed E-state index contributed by atoms with van der Waals surface area (Å²) >= 11 is 1.28. The van der Waals surface area contributed by atoms with Gasteiger partial charge >= 0.3 is 0 Å². The second-order valence-corrected chi connectivity index (χ2v) is 8.30. The smallest absolute Gasteiger partial charge is 0.225 e. The van der Waals surface area contributed by atoms with Gasteiger partial charge in [0.1, 0.15) is 28.5 Å². The third kappa shape index (κ3) is 5.26. The lowest BCUT2D eigenvalue weighted by atomic mass is 9.96. The lowest BCUT2D eigenvalue weighted by Crippen LogP contribution is -2.12. The van der Waals surface area contributed by atoms with Gasteiger partial charge in [0, 0.05) is 23.4 Å². The van der Waals surface area contributed by atoms with Crippen LogP contribution in [0, 0.1) is 29.6 Å². The van der Waals surface area contributed by atoms with E-state index in [1.54, 1.807) is 0 Å². The minimum absolute atomic E-state index is 0.0766. The molecule has 0 aliphatic rings. The second-order valence-electron chi connectivity index (χ2n) is 7.21. The number of anilines is 2. The SMILES string of the molecule is CCc1ccc(-c2c(C#N)c(N)nc(SCCC(=O)Nc3ccc(C)cc3)c2C#N)cc1. The van der Waals surface area contributed by atoms with Crippen LogP contribution >= 0.6 is 11.8 Å². The number of nitrogens with one attached hydrogen (secondary N) is 1. The van der Waals surface area contributed by atoms with Crippen LogP contribution in [0.4, 0.5) is 11.5 Å². The van der Waals surface area contributed by atoms with Gasteiger partial charge in [0.05, 0.1) is 5.56 Å². The minimum atomic E-state index is -0.128. The summed E-state index contributed by atoms with van der Waals surface area (Å²) in [4.78, 5) is 16.6. The average Bonchev–Trinajstić information content (AvgIpc) is 2.80. The summed E-state index contributed by atoms with van der Waals surface area (Å²) in [5.74, 6) is 0.364. The first-order chi connectivity index (χ1) is 15.5. The maximum Gasteiger partial charge on any atom is 0.225 e. The van der Waals surface area contributed by atoms with Crippen LogP contribution in [0.15, 0.2) is 53.6 Å². The topological polar surface area (TPSA) is 116 Å². The van der Waals surface area contributed by atoms with Gasteiger partial charge in [-0.25, -0.2) is 4.98 Å². The molecule has 1 amide bonds. The molecule has 0 atom stereocenters. The number of pyridine rings is 1. The number of hydrogen-bond donors (Lipinski definition) is 2. The molecule has 3 aromatic rings. The second kappa shape index (κ2) is 10.5. The van der Waals surface area contributed by atoms with E-state index >= 15 is 0 Å². The maximum atomic E-state index is 12.3. The molecule has 0 fully saturated rings. The normalized spacial score (nSPS) is 10.2. The predicted octanol–water partition coefficient (Wildman–Crippen LogP) is 5.07.